The van der Waals surface area contributed by atoms with Gasteiger partial charge in [-0.3, -0.25) is 9.78 Å². The number of aromatic nitrogens is 1. The lowest BCUT2D eigenvalue weighted by Crippen LogP contribution is -2.45. The van der Waals surface area contributed by atoms with Crippen LogP contribution in [0.2, 0.25) is 0 Å². The molecule has 3 aliphatic rings. The average molecular weight is 333 g/mol. The maximum absolute atomic E-state index is 12.6. The van der Waals surface area contributed by atoms with E-state index in [2.05, 4.69) is 9.88 Å². The molecule has 0 radical (unpaired) electrons. The van der Waals surface area contributed by atoms with Crippen molar-refractivity contribution in [2.24, 2.45) is 0 Å². The molecule has 1 aromatic rings. The van der Waals surface area contributed by atoms with Crippen molar-refractivity contribution in [2.45, 2.75) is 18.6 Å². The maximum Gasteiger partial charge on any atom is 0.272 e. The van der Waals surface area contributed by atoms with E-state index in [4.69, 9.17) is 14.2 Å². The van der Waals surface area contributed by atoms with E-state index in [0.717, 1.165) is 31.6 Å². The smallest absolute Gasteiger partial charge is 0.272 e. The lowest BCUT2D eigenvalue weighted by atomic mass is 10.0. The van der Waals surface area contributed by atoms with E-state index < -0.39 is 0 Å². The first-order chi connectivity index (χ1) is 11.8. The van der Waals surface area contributed by atoms with Crippen molar-refractivity contribution in [3.05, 3.63) is 24.0 Å². The van der Waals surface area contributed by atoms with Crippen LogP contribution in [0.5, 0.6) is 0 Å². The van der Waals surface area contributed by atoms with Crippen LogP contribution in [0.3, 0.4) is 0 Å². The van der Waals surface area contributed by atoms with Gasteiger partial charge < -0.3 is 24.0 Å². The Bertz CT molecular complexity index is 587. The third kappa shape index (κ3) is 3.11. The second kappa shape index (κ2) is 6.66. The predicted octanol–water partition coefficient (Wildman–Crippen LogP) is 0.897. The highest BCUT2D eigenvalue weighted by Crippen LogP contribution is 2.33. The minimum Gasteiger partial charge on any atom is -0.378 e. The van der Waals surface area contributed by atoms with Gasteiger partial charge in [-0.1, -0.05) is 0 Å². The molecule has 0 N–H and O–H groups in total. The molecule has 1 aromatic heterocycles. The zero-order valence-corrected chi connectivity index (χ0v) is 13.8. The summed E-state index contributed by atoms with van der Waals surface area (Å²) >= 11 is 0. The van der Waals surface area contributed by atoms with Crippen molar-refractivity contribution < 1.29 is 19.0 Å². The molecule has 1 spiro atoms. The van der Waals surface area contributed by atoms with Crippen LogP contribution >= 0.6 is 0 Å². The van der Waals surface area contributed by atoms with Gasteiger partial charge in [0.25, 0.3) is 5.91 Å². The van der Waals surface area contributed by atoms with Gasteiger partial charge in [0.15, 0.2) is 5.79 Å². The number of pyridine rings is 1. The molecular weight excluding hydrogens is 310 g/mol. The molecule has 4 rings (SSSR count). The summed E-state index contributed by atoms with van der Waals surface area (Å²) in [6, 6.07) is 3.86. The first-order valence-corrected chi connectivity index (χ1v) is 8.62. The lowest BCUT2D eigenvalue weighted by Gasteiger charge is -2.38. The van der Waals surface area contributed by atoms with Gasteiger partial charge in [0.1, 0.15) is 5.69 Å². The molecule has 0 bridgehead atoms. The normalized spacial score (nSPS) is 23.7. The van der Waals surface area contributed by atoms with Gasteiger partial charge in [0.05, 0.1) is 26.4 Å². The van der Waals surface area contributed by atoms with Crippen LogP contribution in [0.1, 0.15) is 23.3 Å². The average Bonchev–Trinajstić information content (AvgIpc) is 3.10. The van der Waals surface area contributed by atoms with Crippen molar-refractivity contribution in [3.8, 4) is 0 Å². The van der Waals surface area contributed by atoms with Crippen LogP contribution in [0.15, 0.2) is 18.3 Å². The lowest BCUT2D eigenvalue weighted by molar-refractivity contribution is -0.169. The van der Waals surface area contributed by atoms with Gasteiger partial charge in [-0.2, -0.15) is 0 Å². The first-order valence-electron chi connectivity index (χ1n) is 8.62. The van der Waals surface area contributed by atoms with Crippen LogP contribution in [0, 0.1) is 0 Å². The summed E-state index contributed by atoms with van der Waals surface area (Å²) in [5.74, 6) is -0.396. The standard InChI is InChI=1S/C17H23N3O4/c21-16(20-7-9-22-10-8-20)15-13-14(1-4-18-15)19-5-2-17(3-6-19)23-11-12-24-17/h1,4,13H,2-3,5-12H2. The molecule has 3 fully saturated rings. The second-order valence-corrected chi connectivity index (χ2v) is 6.40. The summed E-state index contributed by atoms with van der Waals surface area (Å²) in [4.78, 5) is 20.9. The fourth-order valence-corrected chi connectivity index (χ4v) is 3.55. The van der Waals surface area contributed by atoms with Crippen LogP contribution in [0.25, 0.3) is 0 Å². The molecular formula is C17H23N3O4. The van der Waals surface area contributed by atoms with Gasteiger partial charge in [-0.25, -0.2) is 0 Å². The predicted molar refractivity (Wildman–Crippen MR) is 87.0 cm³/mol. The number of carbonyl (C=O) groups excluding carboxylic acids is 1. The number of hydrogen-bond acceptors (Lipinski definition) is 6. The molecule has 0 aliphatic carbocycles. The van der Waals surface area contributed by atoms with E-state index in [1.165, 1.54) is 0 Å². The Kier molecular flexibility index (Phi) is 4.39. The Morgan fingerprint density at radius 1 is 1.04 bits per heavy atom. The molecule has 24 heavy (non-hydrogen) atoms. The first kappa shape index (κ1) is 15.8. The van der Waals surface area contributed by atoms with E-state index in [1.807, 2.05) is 12.1 Å². The number of rotatable bonds is 2. The van der Waals surface area contributed by atoms with Crippen LogP contribution in [-0.4, -0.2) is 74.2 Å². The van der Waals surface area contributed by atoms with Gasteiger partial charge in [-0.05, 0) is 12.1 Å². The van der Waals surface area contributed by atoms with Crippen molar-refractivity contribution >= 4 is 11.6 Å². The molecule has 0 aromatic carbocycles. The minimum atomic E-state index is -0.379. The Labute approximate surface area is 141 Å². The Morgan fingerprint density at radius 3 is 2.46 bits per heavy atom. The molecule has 0 atom stereocenters. The third-order valence-corrected chi connectivity index (χ3v) is 4.96. The molecule has 0 unspecified atom stereocenters. The third-order valence-electron chi connectivity index (χ3n) is 4.96. The van der Waals surface area contributed by atoms with E-state index in [9.17, 15) is 4.79 Å². The van der Waals surface area contributed by atoms with Crippen molar-refractivity contribution in [2.75, 3.05) is 57.5 Å². The minimum absolute atomic E-state index is 0.0175. The number of anilines is 1. The summed E-state index contributed by atoms with van der Waals surface area (Å²) < 4.78 is 16.9. The molecule has 1 amide bonds. The number of morpholine rings is 1. The van der Waals surface area contributed by atoms with E-state index >= 15 is 0 Å². The van der Waals surface area contributed by atoms with Crippen LogP contribution in [0.4, 0.5) is 5.69 Å². The summed E-state index contributed by atoms with van der Waals surface area (Å²) in [6.45, 7) is 5.54. The van der Waals surface area contributed by atoms with Gasteiger partial charge in [0, 0.05) is 50.9 Å². The Morgan fingerprint density at radius 2 is 1.75 bits per heavy atom. The monoisotopic (exact) mass is 333 g/mol. The number of nitrogens with zero attached hydrogens (tertiary/aromatic N) is 3. The van der Waals surface area contributed by atoms with E-state index in [0.29, 0.717) is 45.2 Å². The van der Waals surface area contributed by atoms with Crippen LogP contribution in [-0.2, 0) is 14.2 Å². The van der Waals surface area contributed by atoms with Crippen LogP contribution < -0.4 is 4.90 Å². The molecule has 3 aliphatic heterocycles. The summed E-state index contributed by atoms with van der Waals surface area (Å²) in [5.41, 5.74) is 1.54. The summed E-state index contributed by atoms with van der Waals surface area (Å²) in [6.07, 6.45) is 3.42. The summed E-state index contributed by atoms with van der Waals surface area (Å²) in [5, 5.41) is 0. The highest BCUT2D eigenvalue weighted by molar-refractivity contribution is 5.93. The SMILES string of the molecule is O=C(c1cc(N2CCC3(CC2)OCCO3)ccn1)N1CCOCC1. The van der Waals surface area contributed by atoms with Crippen molar-refractivity contribution in [3.63, 3.8) is 0 Å². The molecule has 0 saturated carbocycles. The van der Waals surface area contributed by atoms with E-state index in [-0.39, 0.29) is 11.7 Å². The second-order valence-electron chi connectivity index (χ2n) is 6.40. The number of amides is 1. The fourth-order valence-electron chi connectivity index (χ4n) is 3.55. The maximum atomic E-state index is 12.6. The van der Waals surface area contributed by atoms with E-state index in [1.54, 1.807) is 11.1 Å². The molecule has 130 valence electrons. The Balaban J connectivity index is 1.44. The highest BCUT2D eigenvalue weighted by Gasteiger charge is 2.39. The van der Waals surface area contributed by atoms with Gasteiger partial charge in [0.2, 0.25) is 0 Å². The molecule has 4 heterocycles. The van der Waals surface area contributed by atoms with Gasteiger partial charge >= 0.3 is 0 Å². The topological polar surface area (TPSA) is 64.1 Å². The summed E-state index contributed by atoms with van der Waals surface area (Å²) in [7, 11) is 0. The fraction of sp³-hybridized carbons (Fsp3) is 0.647. The number of carbonyl (C=O) groups is 1. The van der Waals surface area contributed by atoms with Gasteiger partial charge in [-0.15, -0.1) is 0 Å². The number of hydrogen-bond donors (Lipinski definition) is 0. The number of piperidine rings is 1. The molecule has 7 nitrogen and oxygen atoms in total. The van der Waals surface area contributed by atoms with Crippen molar-refractivity contribution in [1.82, 2.24) is 9.88 Å². The highest BCUT2D eigenvalue weighted by atomic mass is 16.7. The molecule has 3 saturated heterocycles. The Hall–Kier alpha value is -1.70. The molecule has 7 heteroatoms. The number of ether oxygens (including phenoxy) is 3. The van der Waals surface area contributed by atoms with Crippen molar-refractivity contribution in [1.29, 1.82) is 0 Å². The zero-order chi connectivity index (χ0) is 16.4. The quantitative estimate of drug-likeness (QED) is 0.801. The largest absolute Gasteiger partial charge is 0.378 e. The zero-order valence-electron chi connectivity index (χ0n) is 13.8.